The highest BCUT2D eigenvalue weighted by Gasteiger charge is 2.33. The van der Waals surface area contributed by atoms with Gasteiger partial charge in [-0.15, -0.1) is 0 Å². The number of esters is 1. The fraction of sp³-hybridized carbons (Fsp3) is 0.833. The van der Waals surface area contributed by atoms with Gasteiger partial charge in [0.25, 0.3) is 0 Å². The summed E-state index contributed by atoms with van der Waals surface area (Å²) in [6.07, 6.45) is 0.989. The first kappa shape index (κ1) is 14.9. The second-order valence-corrected chi connectivity index (χ2v) is 5.15. The van der Waals surface area contributed by atoms with Crippen molar-refractivity contribution in [1.82, 2.24) is 5.32 Å². The molecule has 1 saturated heterocycles. The van der Waals surface area contributed by atoms with Gasteiger partial charge in [-0.05, 0) is 26.7 Å². The van der Waals surface area contributed by atoms with E-state index in [1.807, 2.05) is 0 Å². The average molecular weight is 258 g/mol. The summed E-state index contributed by atoms with van der Waals surface area (Å²) in [5, 5.41) is 2.72. The van der Waals surface area contributed by atoms with Crippen molar-refractivity contribution >= 4 is 11.9 Å². The standard InChI is InChI=1S/C12H22N2O4/c1-12(2,11(16)17-3)7-14-10(15)9-5-4-8(6-13)18-9/h8-9H,4-7,13H2,1-3H3,(H,14,15). The van der Waals surface area contributed by atoms with Crippen LogP contribution in [0.2, 0.25) is 0 Å². The highest BCUT2D eigenvalue weighted by atomic mass is 16.5. The van der Waals surface area contributed by atoms with Gasteiger partial charge < -0.3 is 20.5 Å². The van der Waals surface area contributed by atoms with Gasteiger partial charge in [-0.3, -0.25) is 9.59 Å². The fourth-order valence-electron chi connectivity index (χ4n) is 1.84. The number of methoxy groups -OCH3 is 1. The highest BCUT2D eigenvalue weighted by molar-refractivity contribution is 5.82. The second kappa shape index (κ2) is 6.15. The van der Waals surface area contributed by atoms with Crippen molar-refractivity contribution in [2.24, 2.45) is 11.1 Å². The van der Waals surface area contributed by atoms with Crippen LogP contribution < -0.4 is 11.1 Å². The summed E-state index contributed by atoms with van der Waals surface area (Å²) in [6, 6.07) is 0. The van der Waals surface area contributed by atoms with Crippen LogP contribution in [0.5, 0.6) is 0 Å². The third-order valence-corrected chi connectivity index (χ3v) is 3.11. The summed E-state index contributed by atoms with van der Waals surface area (Å²) in [6.45, 7) is 4.09. The molecule has 2 unspecified atom stereocenters. The first-order valence-corrected chi connectivity index (χ1v) is 6.12. The summed E-state index contributed by atoms with van der Waals surface area (Å²) in [5.41, 5.74) is 4.74. The van der Waals surface area contributed by atoms with Crippen LogP contribution in [0.3, 0.4) is 0 Å². The van der Waals surface area contributed by atoms with Crippen molar-refractivity contribution in [3.63, 3.8) is 0 Å². The van der Waals surface area contributed by atoms with E-state index >= 15 is 0 Å². The number of hydrogen-bond donors (Lipinski definition) is 2. The maximum Gasteiger partial charge on any atom is 0.313 e. The minimum absolute atomic E-state index is 0.0330. The van der Waals surface area contributed by atoms with Crippen molar-refractivity contribution in [3.05, 3.63) is 0 Å². The van der Waals surface area contributed by atoms with Crippen LogP contribution in [0, 0.1) is 5.41 Å². The molecule has 2 atom stereocenters. The first-order valence-electron chi connectivity index (χ1n) is 6.12. The molecule has 6 heteroatoms. The predicted molar refractivity (Wildman–Crippen MR) is 65.8 cm³/mol. The number of amides is 1. The van der Waals surface area contributed by atoms with Crippen molar-refractivity contribution < 1.29 is 19.1 Å². The van der Waals surface area contributed by atoms with E-state index in [0.717, 1.165) is 6.42 Å². The molecule has 0 aliphatic carbocycles. The normalized spacial score (nSPS) is 23.8. The zero-order chi connectivity index (χ0) is 13.8. The Hall–Kier alpha value is -1.14. The van der Waals surface area contributed by atoms with Crippen LogP contribution in [0.25, 0.3) is 0 Å². The van der Waals surface area contributed by atoms with Gasteiger partial charge in [-0.2, -0.15) is 0 Å². The van der Waals surface area contributed by atoms with Gasteiger partial charge in [0, 0.05) is 13.1 Å². The minimum Gasteiger partial charge on any atom is -0.469 e. The van der Waals surface area contributed by atoms with Gasteiger partial charge in [0.15, 0.2) is 0 Å². The molecule has 0 aromatic carbocycles. The zero-order valence-electron chi connectivity index (χ0n) is 11.2. The van der Waals surface area contributed by atoms with Crippen LogP contribution in [0.15, 0.2) is 0 Å². The summed E-state index contributed by atoms with van der Waals surface area (Å²) in [5.74, 6) is -0.544. The van der Waals surface area contributed by atoms with Gasteiger partial charge in [-0.25, -0.2) is 0 Å². The number of ether oxygens (including phenoxy) is 2. The maximum atomic E-state index is 11.8. The van der Waals surface area contributed by atoms with Crippen molar-refractivity contribution in [1.29, 1.82) is 0 Å². The third kappa shape index (κ3) is 3.68. The van der Waals surface area contributed by atoms with Crippen molar-refractivity contribution in [2.75, 3.05) is 20.2 Å². The summed E-state index contributed by atoms with van der Waals surface area (Å²) < 4.78 is 10.1. The fourth-order valence-corrected chi connectivity index (χ4v) is 1.84. The Bertz CT molecular complexity index is 317. The van der Waals surface area contributed by atoms with Gasteiger partial charge in [-0.1, -0.05) is 0 Å². The number of carbonyl (C=O) groups is 2. The highest BCUT2D eigenvalue weighted by Crippen LogP contribution is 2.20. The SMILES string of the molecule is COC(=O)C(C)(C)CNC(=O)C1CCC(CN)O1. The van der Waals surface area contributed by atoms with Crippen molar-refractivity contribution in [3.8, 4) is 0 Å². The Balaban J connectivity index is 2.40. The van der Waals surface area contributed by atoms with E-state index in [9.17, 15) is 9.59 Å². The topological polar surface area (TPSA) is 90.7 Å². The molecule has 1 aliphatic rings. The molecular weight excluding hydrogens is 236 g/mol. The molecule has 104 valence electrons. The van der Waals surface area contributed by atoms with E-state index in [-0.39, 0.29) is 24.5 Å². The van der Waals surface area contributed by atoms with Gasteiger partial charge in [0.1, 0.15) is 6.10 Å². The predicted octanol–water partition coefficient (Wildman–Crippen LogP) is -0.192. The monoisotopic (exact) mass is 258 g/mol. The molecule has 0 aromatic rings. The number of nitrogens with one attached hydrogen (secondary N) is 1. The molecule has 0 aromatic heterocycles. The lowest BCUT2D eigenvalue weighted by Crippen LogP contribution is -2.43. The van der Waals surface area contributed by atoms with Crippen LogP contribution in [-0.2, 0) is 19.1 Å². The molecule has 0 bridgehead atoms. The Morgan fingerprint density at radius 1 is 1.44 bits per heavy atom. The molecule has 0 saturated carbocycles. The minimum atomic E-state index is -0.740. The lowest BCUT2D eigenvalue weighted by Gasteiger charge is -2.22. The molecule has 1 heterocycles. The Morgan fingerprint density at radius 3 is 2.61 bits per heavy atom. The molecule has 0 spiro atoms. The Kier molecular flexibility index (Phi) is 5.10. The van der Waals surface area contributed by atoms with Gasteiger partial charge >= 0.3 is 5.97 Å². The van der Waals surface area contributed by atoms with E-state index in [2.05, 4.69) is 10.1 Å². The number of rotatable bonds is 5. The summed E-state index contributed by atoms with van der Waals surface area (Å²) in [4.78, 5) is 23.3. The van der Waals surface area contributed by atoms with Crippen LogP contribution in [-0.4, -0.2) is 44.3 Å². The Labute approximate surface area is 107 Å². The van der Waals surface area contributed by atoms with Crippen LogP contribution >= 0.6 is 0 Å². The number of hydrogen-bond acceptors (Lipinski definition) is 5. The molecule has 6 nitrogen and oxygen atoms in total. The molecule has 3 N–H and O–H groups in total. The van der Waals surface area contributed by atoms with Crippen molar-refractivity contribution in [2.45, 2.75) is 38.9 Å². The van der Waals surface area contributed by atoms with Crippen LogP contribution in [0.1, 0.15) is 26.7 Å². The summed E-state index contributed by atoms with van der Waals surface area (Å²) >= 11 is 0. The maximum absolute atomic E-state index is 11.8. The number of carbonyl (C=O) groups excluding carboxylic acids is 2. The van der Waals surface area contributed by atoms with E-state index in [4.69, 9.17) is 10.5 Å². The largest absolute Gasteiger partial charge is 0.469 e. The molecule has 0 radical (unpaired) electrons. The van der Waals surface area contributed by atoms with E-state index < -0.39 is 11.5 Å². The molecule has 1 rings (SSSR count). The average Bonchev–Trinajstić information content (AvgIpc) is 2.83. The van der Waals surface area contributed by atoms with Crippen LogP contribution in [0.4, 0.5) is 0 Å². The molecule has 1 amide bonds. The smallest absolute Gasteiger partial charge is 0.313 e. The van der Waals surface area contributed by atoms with E-state index in [1.165, 1.54) is 7.11 Å². The van der Waals surface area contributed by atoms with Gasteiger partial charge in [0.05, 0.1) is 18.6 Å². The first-order chi connectivity index (χ1) is 8.40. The van der Waals surface area contributed by atoms with E-state index in [0.29, 0.717) is 13.0 Å². The number of nitrogens with two attached hydrogens (primary N) is 1. The quantitative estimate of drug-likeness (QED) is 0.667. The summed E-state index contributed by atoms with van der Waals surface area (Å²) in [7, 11) is 1.33. The second-order valence-electron chi connectivity index (χ2n) is 5.15. The third-order valence-electron chi connectivity index (χ3n) is 3.11. The zero-order valence-corrected chi connectivity index (χ0v) is 11.2. The molecule has 18 heavy (non-hydrogen) atoms. The lowest BCUT2D eigenvalue weighted by atomic mass is 9.93. The Morgan fingerprint density at radius 2 is 2.11 bits per heavy atom. The molecular formula is C12H22N2O4. The molecule has 1 aliphatic heterocycles. The molecule has 1 fully saturated rings. The van der Waals surface area contributed by atoms with Gasteiger partial charge in [0.2, 0.25) is 5.91 Å². The van der Waals surface area contributed by atoms with E-state index in [1.54, 1.807) is 13.8 Å². The lowest BCUT2D eigenvalue weighted by molar-refractivity contribution is -0.150.